The van der Waals surface area contributed by atoms with Gasteiger partial charge in [-0.2, -0.15) is 0 Å². The first kappa shape index (κ1) is 19.5. The number of amides is 1. The number of aryl methyl sites for hydroxylation is 1. The Bertz CT molecular complexity index is 921. The largest absolute Gasteiger partial charge is 0.497 e. The molecule has 0 aliphatic heterocycles. The first-order valence-electron chi connectivity index (χ1n) is 9.12. The summed E-state index contributed by atoms with van der Waals surface area (Å²) >= 11 is 0. The second-order valence-corrected chi connectivity index (χ2v) is 6.38. The molecule has 0 aliphatic rings. The van der Waals surface area contributed by atoms with Crippen molar-refractivity contribution in [2.45, 2.75) is 25.8 Å². The molecule has 0 unspecified atom stereocenters. The van der Waals surface area contributed by atoms with E-state index in [-0.39, 0.29) is 11.9 Å². The van der Waals surface area contributed by atoms with Crippen LogP contribution < -0.4 is 14.8 Å². The fraction of sp³-hybridized carbons (Fsp3) is 0.273. The second kappa shape index (κ2) is 9.08. The molecular formula is C22H24N2O4. The van der Waals surface area contributed by atoms with Crippen LogP contribution in [0.5, 0.6) is 11.5 Å². The molecule has 0 aliphatic carbocycles. The maximum atomic E-state index is 12.2. The molecule has 1 atom stereocenters. The van der Waals surface area contributed by atoms with Crippen molar-refractivity contribution in [3.05, 3.63) is 66.2 Å². The van der Waals surface area contributed by atoms with Crippen molar-refractivity contribution in [2.24, 2.45) is 0 Å². The molecule has 28 heavy (non-hydrogen) atoms. The second-order valence-electron chi connectivity index (χ2n) is 6.38. The highest BCUT2D eigenvalue weighted by Gasteiger charge is 2.14. The van der Waals surface area contributed by atoms with Crippen LogP contribution >= 0.6 is 0 Å². The van der Waals surface area contributed by atoms with Crippen LogP contribution in [0, 0.1) is 0 Å². The van der Waals surface area contributed by atoms with Crippen LogP contribution in [0.25, 0.3) is 11.3 Å². The first-order chi connectivity index (χ1) is 13.6. The molecule has 0 bridgehead atoms. The van der Waals surface area contributed by atoms with Gasteiger partial charge in [-0.3, -0.25) is 4.79 Å². The molecule has 6 nitrogen and oxygen atoms in total. The molecule has 0 saturated carbocycles. The molecule has 146 valence electrons. The Hall–Kier alpha value is -3.28. The van der Waals surface area contributed by atoms with E-state index < -0.39 is 0 Å². The number of carbonyl (C=O) groups is 1. The van der Waals surface area contributed by atoms with Gasteiger partial charge in [-0.05, 0) is 24.6 Å². The van der Waals surface area contributed by atoms with Gasteiger partial charge in [0.15, 0.2) is 11.7 Å². The van der Waals surface area contributed by atoms with Crippen LogP contribution in [0.4, 0.5) is 0 Å². The quantitative estimate of drug-likeness (QED) is 0.635. The van der Waals surface area contributed by atoms with E-state index in [0.29, 0.717) is 36.0 Å². The van der Waals surface area contributed by atoms with Gasteiger partial charge in [0.25, 0.3) is 0 Å². The summed E-state index contributed by atoms with van der Waals surface area (Å²) in [4.78, 5) is 16.5. The molecule has 0 radical (unpaired) electrons. The van der Waals surface area contributed by atoms with Crippen molar-refractivity contribution in [2.75, 3.05) is 14.2 Å². The maximum Gasteiger partial charge on any atom is 0.220 e. The average molecular weight is 380 g/mol. The van der Waals surface area contributed by atoms with Gasteiger partial charge in [-0.1, -0.05) is 30.3 Å². The summed E-state index contributed by atoms with van der Waals surface area (Å²) in [6, 6.07) is 15.3. The zero-order valence-corrected chi connectivity index (χ0v) is 16.3. The normalized spacial score (nSPS) is 11.7. The highest BCUT2D eigenvalue weighted by atomic mass is 16.5. The van der Waals surface area contributed by atoms with Gasteiger partial charge in [0.05, 0.1) is 32.0 Å². The van der Waals surface area contributed by atoms with Crippen LogP contribution in [-0.4, -0.2) is 25.1 Å². The molecule has 1 N–H and O–H groups in total. The summed E-state index contributed by atoms with van der Waals surface area (Å²) in [5, 5.41) is 2.99. The Kier molecular flexibility index (Phi) is 6.32. The minimum absolute atomic E-state index is 0.0434. The van der Waals surface area contributed by atoms with E-state index in [0.717, 1.165) is 11.1 Å². The zero-order chi connectivity index (χ0) is 19.9. The number of hydrogen-bond donors (Lipinski definition) is 1. The Morgan fingerprint density at radius 1 is 1.14 bits per heavy atom. The van der Waals surface area contributed by atoms with Crippen molar-refractivity contribution in [3.63, 3.8) is 0 Å². The molecule has 0 saturated heterocycles. The van der Waals surface area contributed by atoms with Crippen molar-refractivity contribution < 1.29 is 18.7 Å². The number of oxazole rings is 1. The number of ether oxygens (including phenoxy) is 2. The number of methoxy groups -OCH3 is 2. The van der Waals surface area contributed by atoms with Gasteiger partial charge < -0.3 is 19.2 Å². The molecule has 1 heterocycles. The number of carbonyl (C=O) groups excluding carboxylic acids is 1. The van der Waals surface area contributed by atoms with E-state index in [4.69, 9.17) is 13.9 Å². The number of rotatable bonds is 8. The van der Waals surface area contributed by atoms with E-state index in [1.165, 1.54) is 0 Å². The molecule has 1 aromatic heterocycles. The number of nitrogens with zero attached hydrogens (tertiary/aromatic N) is 1. The lowest BCUT2D eigenvalue weighted by Gasteiger charge is -2.13. The molecule has 6 heteroatoms. The van der Waals surface area contributed by atoms with Crippen LogP contribution in [0.3, 0.4) is 0 Å². The van der Waals surface area contributed by atoms with Crippen LogP contribution in [0.1, 0.15) is 30.8 Å². The Morgan fingerprint density at radius 3 is 2.64 bits per heavy atom. The molecular weight excluding hydrogens is 356 g/mol. The predicted molar refractivity (Wildman–Crippen MR) is 106 cm³/mol. The zero-order valence-electron chi connectivity index (χ0n) is 16.3. The maximum absolute atomic E-state index is 12.2. The van der Waals surface area contributed by atoms with Gasteiger partial charge >= 0.3 is 0 Å². The molecule has 1 amide bonds. The topological polar surface area (TPSA) is 73.6 Å². The SMILES string of the molecule is COc1ccc(-c2cnc(CCC(=O)N[C@H](C)c3ccccc3)o2)c(OC)c1. The van der Waals surface area contributed by atoms with Gasteiger partial charge in [-0.25, -0.2) is 4.98 Å². The Labute approximate surface area is 164 Å². The first-order valence-corrected chi connectivity index (χ1v) is 9.12. The molecule has 0 fully saturated rings. The predicted octanol–water partition coefficient (Wildman–Crippen LogP) is 4.17. The van der Waals surface area contributed by atoms with E-state index in [9.17, 15) is 4.79 Å². The van der Waals surface area contributed by atoms with Gasteiger partial charge in [0, 0.05) is 18.9 Å². The van der Waals surface area contributed by atoms with E-state index >= 15 is 0 Å². The minimum Gasteiger partial charge on any atom is -0.497 e. The van der Waals surface area contributed by atoms with E-state index in [1.807, 2.05) is 49.4 Å². The molecule has 3 rings (SSSR count). The van der Waals surface area contributed by atoms with Crippen molar-refractivity contribution in [1.82, 2.24) is 10.3 Å². The smallest absolute Gasteiger partial charge is 0.220 e. The van der Waals surface area contributed by atoms with Gasteiger partial charge in [0.1, 0.15) is 11.5 Å². The highest BCUT2D eigenvalue weighted by molar-refractivity contribution is 5.76. The van der Waals surface area contributed by atoms with E-state index in [1.54, 1.807) is 26.5 Å². The molecule has 2 aromatic carbocycles. The third kappa shape index (κ3) is 4.71. The Balaban J connectivity index is 1.60. The van der Waals surface area contributed by atoms with Crippen LogP contribution in [0.2, 0.25) is 0 Å². The third-order valence-corrected chi connectivity index (χ3v) is 4.47. The van der Waals surface area contributed by atoms with Gasteiger partial charge in [0.2, 0.25) is 5.91 Å². The number of aromatic nitrogens is 1. The fourth-order valence-electron chi connectivity index (χ4n) is 2.91. The van der Waals surface area contributed by atoms with Crippen LogP contribution in [-0.2, 0) is 11.2 Å². The van der Waals surface area contributed by atoms with Crippen molar-refractivity contribution >= 4 is 5.91 Å². The highest BCUT2D eigenvalue weighted by Crippen LogP contribution is 2.33. The summed E-state index contributed by atoms with van der Waals surface area (Å²) in [5.41, 5.74) is 1.85. The standard InChI is InChI=1S/C22H24N2O4/c1-15(16-7-5-4-6-8-16)24-21(25)11-12-22-23-14-20(28-22)18-10-9-17(26-2)13-19(18)27-3/h4-10,13-15H,11-12H2,1-3H3,(H,24,25)/t15-/m1/s1. The third-order valence-electron chi connectivity index (χ3n) is 4.47. The summed E-state index contributed by atoms with van der Waals surface area (Å²) in [6.07, 6.45) is 2.37. The van der Waals surface area contributed by atoms with Crippen LogP contribution in [0.15, 0.2) is 59.1 Å². The summed E-state index contributed by atoms with van der Waals surface area (Å²) < 4.78 is 16.4. The number of nitrogens with one attached hydrogen (secondary N) is 1. The summed E-state index contributed by atoms with van der Waals surface area (Å²) in [6.45, 7) is 1.96. The fourth-order valence-corrected chi connectivity index (χ4v) is 2.91. The molecule has 0 spiro atoms. The average Bonchev–Trinajstić information content (AvgIpc) is 3.21. The lowest BCUT2D eigenvalue weighted by molar-refractivity contribution is -0.121. The summed E-state index contributed by atoms with van der Waals surface area (Å²) in [7, 11) is 3.19. The summed E-state index contributed by atoms with van der Waals surface area (Å²) in [5.74, 6) is 2.39. The number of benzene rings is 2. The van der Waals surface area contributed by atoms with Crippen molar-refractivity contribution in [1.29, 1.82) is 0 Å². The van der Waals surface area contributed by atoms with Crippen molar-refractivity contribution in [3.8, 4) is 22.8 Å². The minimum atomic E-state index is -0.0441. The monoisotopic (exact) mass is 380 g/mol. The lowest BCUT2D eigenvalue weighted by Crippen LogP contribution is -2.26. The van der Waals surface area contributed by atoms with E-state index in [2.05, 4.69) is 10.3 Å². The molecule has 3 aromatic rings. The Morgan fingerprint density at radius 2 is 1.93 bits per heavy atom. The van der Waals surface area contributed by atoms with Gasteiger partial charge in [-0.15, -0.1) is 0 Å². The number of hydrogen-bond acceptors (Lipinski definition) is 5. The lowest BCUT2D eigenvalue weighted by atomic mass is 10.1.